The maximum atomic E-state index is 12.5. The normalized spacial score (nSPS) is 24.1. The van der Waals surface area contributed by atoms with Crippen LogP contribution >= 0.6 is 0 Å². The Morgan fingerprint density at radius 3 is 2.57 bits per heavy atom. The minimum atomic E-state index is -0.689. The molecule has 3 N–H and O–H groups in total. The highest BCUT2D eigenvalue weighted by atomic mass is 16.3. The van der Waals surface area contributed by atoms with Crippen molar-refractivity contribution >= 4 is 17.7 Å². The molecule has 0 saturated carbocycles. The number of nitrogens with one attached hydrogen (secondary N) is 3. The molecule has 1 aromatic heterocycles. The standard InChI is InChI=1S/C20H32N4O4/c1-14(2)18-20(27)21-9-6-11-24(13-16-7-5-12-28-16)10-4-8-17(25)22-15(3)19(26)23-18/h5,7,12,14-15,18H,4,6,8-11,13H2,1-3H3,(H,21,27)(H,22,25)(H,23,26)/t15-,18-/m1/s1. The van der Waals surface area contributed by atoms with E-state index in [1.807, 2.05) is 26.0 Å². The Kier molecular flexibility index (Phi) is 8.50. The second kappa shape index (κ2) is 10.8. The van der Waals surface area contributed by atoms with Gasteiger partial charge in [-0.3, -0.25) is 19.3 Å². The summed E-state index contributed by atoms with van der Waals surface area (Å²) in [5.74, 6) is 0.0968. The maximum absolute atomic E-state index is 12.5. The molecule has 1 fully saturated rings. The number of nitrogens with zero attached hydrogens (tertiary/aromatic N) is 1. The zero-order valence-corrected chi connectivity index (χ0v) is 17.0. The zero-order valence-electron chi connectivity index (χ0n) is 17.0. The number of hydrogen-bond acceptors (Lipinski definition) is 5. The van der Waals surface area contributed by atoms with Gasteiger partial charge in [-0.15, -0.1) is 0 Å². The summed E-state index contributed by atoms with van der Waals surface area (Å²) in [6.07, 6.45) is 3.45. The predicted octanol–water partition coefficient (Wildman–Crippen LogP) is 1.03. The quantitative estimate of drug-likeness (QED) is 0.713. The molecule has 1 aliphatic rings. The van der Waals surface area contributed by atoms with Gasteiger partial charge in [0.05, 0.1) is 12.8 Å². The van der Waals surface area contributed by atoms with Crippen molar-refractivity contribution < 1.29 is 18.8 Å². The second-order valence-electron chi connectivity index (χ2n) is 7.62. The Morgan fingerprint density at radius 1 is 1.14 bits per heavy atom. The highest BCUT2D eigenvalue weighted by Crippen LogP contribution is 2.08. The zero-order chi connectivity index (χ0) is 20.5. The van der Waals surface area contributed by atoms with Crippen molar-refractivity contribution in [3.05, 3.63) is 24.2 Å². The SMILES string of the molecule is CC(C)[C@H]1NC(=O)[C@@H](C)NC(=O)CCCN(Cc2ccco2)CCCNC1=O. The van der Waals surface area contributed by atoms with Crippen molar-refractivity contribution in [1.29, 1.82) is 0 Å². The average molecular weight is 393 g/mol. The maximum Gasteiger partial charge on any atom is 0.242 e. The molecule has 0 aromatic carbocycles. The van der Waals surface area contributed by atoms with Gasteiger partial charge in [0.25, 0.3) is 0 Å². The number of carbonyl (C=O) groups excluding carboxylic acids is 3. The Hall–Kier alpha value is -2.35. The highest BCUT2D eigenvalue weighted by molar-refractivity contribution is 5.91. The van der Waals surface area contributed by atoms with Gasteiger partial charge in [-0.25, -0.2) is 0 Å². The van der Waals surface area contributed by atoms with Gasteiger partial charge in [-0.2, -0.15) is 0 Å². The summed E-state index contributed by atoms with van der Waals surface area (Å²) >= 11 is 0. The summed E-state index contributed by atoms with van der Waals surface area (Å²) in [6, 6.07) is 2.46. The molecule has 1 aliphatic heterocycles. The molecule has 3 amide bonds. The molecule has 0 radical (unpaired) electrons. The first kappa shape index (κ1) is 21.9. The van der Waals surface area contributed by atoms with Crippen molar-refractivity contribution in [2.24, 2.45) is 5.92 Å². The fraction of sp³-hybridized carbons (Fsp3) is 0.650. The molecular formula is C20H32N4O4. The smallest absolute Gasteiger partial charge is 0.242 e. The van der Waals surface area contributed by atoms with Gasteiger partial charge in [0.15, 0.2) is 0 Å². The Labute approximate surface area is 166 Å². The molecule has 0 aliphatic carbocycles. The first-order valence-corrected chi connectivity index (χ1v) is 9.99. The number of rotatable bonds is 3. The van der Waals surface area contributed by atoms with Crippen LogP contribution in [0.2, 0.25) is 0 Å². The third kappa shape index (κ3) is 6.99. The van der Waals surface area contributed by atoms with Crippen LogP contribution in [-0.4, -0.2) is 54.3 Å². The molecule has 28 heavy (non-hydrogen) atoms. The van der Waals surface area contributed by atoms with E-state index in [0.717, 1.165) is 25.3 Å². The average Bonchev–Trinajstić information content (AvgIpc) is 3.14. The van der Waals surface area contributed by atoms with Crippen LogP contribution in [0, 0.1) is 5.92 Å². The van der Waals surface area contributed by atoms with Crippen molar-refractivity contribution in [2.45, 2.75) is 58.7 Å². The van der Waals surface area contributed by atoms with E-state index in [2.05, 4.69) is 20.9 Å². The highest BCUT2D eigenvalue weighted by Gasteiger charge is 2.26. The molecule has 8 nitrogen and oxygen atoms in total. The van der Waals surface area contributed by atoms with Gasteiger partial charge < -0.3 is 20.4 Å². The van der Waals surface area contributed by atoms with Gasteiger partial charge in [-0.05, 0) is 44.4 Å². The monoisotopic (exact) mass is 392 g/mol. The van der Waals surface area contributed by atoms with Crippen LogP contribution in [0.15, 0.2) is 22.8 Å². The van der Waals surface area contributed by atoms with Crippen LogP contribution < -0.4 is 16.0 Å². The van der Waals surface area contributed by atoms with Crippen molar-refractivity contribution in [1.82, 2.24) is 20.9 Å². The Balaban J connectivity index is 2.04. The van der Waals surface area contributed by atoms with Crippen LogP contribution in [0.5, 0.6) is 0 Å². The second-order valence-corrected chi connectivity index (χ2v) is 7.62. The molecule has 1 saturated heterocycles. The van der Waals surface area contributed by atoms with Crippen LogP contribution in [-0.2, 0) is 20.9 Å². The van der Waals surface area contributed by atoms with Gasteiger partial charge in [0, 0.05) is 19.5 Å². The van der Waals surface area contributed by atoms with Crippen LogP contribution in [0.3, 0.4) is 0 Å². The number of hydrogen-bond donors (Lipinski definition) is 3. The summed E-state index contributed by atoms with van der Waals surface area (Å²) in [6.45, 7) is 8.09. The lowest BCUT2D eigenvalue weighted by atomic mass is 10.0. The van der Waals surface area contributed by atoms with Gasteiger partial charge in [0.1, 0.15) is 17.8 Å². The summed E-state index contributed by atoms with van der Waals surface area (Å²) < 4.78 is 5.43. The lowest BCUT2D eigenvalue weighted by molar-refractivity contribution is -0.132. The van der Waals surface area contributed by atoms with Crippen molar-refractivity contribution in [3.8, 4) is 0 Å². The van der Waals surface area contributed by atoms with E-state index in [4.69, 9.17) is 4.42 Å². The minimum Gasteiger partial charge on any atom is -0.468 e. The number of amides is 3. The first-order chi connectivity index (χ1) is 13.4. The summed E-state index contributed by atoms with van der Waals surface area (Å²) in [5, 5.41) is 8.39. The molecule has 8 heteroatoms. The van der Waals surface area contributed by atoms with Crippen molar-refractivity contribution in [3.63, 3.8) is 0 Å². The van der Waals surface area contributed by atoms with Gasteiger partial charge >= 0.3 is 0 Å². The first-order valence-electron chi connectivity index (χ1n) is 9.99. The molecular weight excluding hydrogens is 360 g/mol. The van der Waals surface area contributed by atoms with Crippen LogP contribution in [0.4, 0.5) is 0 Å². The summed E-state index contributed by atoms with van der Waals surface area (Å²) in [5.41, 5.74) is 0. The minimum absolute atomic E-state index is 0.0574. The van der Waals surface area contributed by atoms with Gasteiger partial charge in [-0.1, -0.05) is 13.8 Å². The third-order valence-corrected chi connectivity index (χ3v) is 4.81. The molecule has 2 rings (SSSR count). The molecule has 0 spiro atoms. The van der Waals surface area contributed by atoms with E-state index in [9.17, 15) is 14.4 Å². The molecule has 2 atom stereocenters. The number of furan rings is 1. The van der Waals surface area contributed by atoms with E-state index < -0.39 is 12.1 Å². The lowest BCUT2D eigenvalue weighted by Crippen LogP contribution is -2.54. The van der Waals surface area contributed by atoms with E-state index in [1.54, 1.807) is 13.2 Å². The fourth-order valence-corrected chi connectivity index (χ4v) is 3.17. The molecule has 1 aromatic rings. The summed E-state index contributed by atoms with van der Waals surface area (Å²) in [7, 11) is 0. The van der Waals surface area contributed by atoms with E-state index >= 15 is 0 Å². The Bertz CT molecular complexity index is 645. The predicted molar refractivity (Wildman–Crippen MR) is 105 cm³/mol. The molecule has 156 valence electrons. The lowest BCUT2D eigenvalue weighted by Gasteiger charge is -2.24. The van der Waals surface area contributed by atoms with Crippen LogP contribution in [0.1, 0.15) is 45.8 Å². The third-order valence-electron chi connectivity index (χ3n) is 4.81. The summed E-state index contributed by atoms with van der Waals surface area (Å²) in [4.78, 5) is 39.3. The largest absolute Gasteiger partial charge is 0.468 e. The van der Waals surface area contributed by atoms with E-state index in [0.29, 0.717) is 25.9 Å². The van der Waals surface area contributed by atoms with E-state index in [-0.39, 0.29) is 23.6 Å². The Morgan fingerprint density at radius 2 is 1.89 bits per heavy atom. The number of carbonyl (C=O) groups is 3. The van der Waals surface area contributed by atoms with E-state index in [1.165, 1.54) is 0 Å². The topological polar surface area (TPSA) is 104 Å². The molecule has 0 bridgehead atoms. The van der Waals surface area contributed by atoms with Gasteiger partial charge in [0.2, 0.25) is 17.7 Å². The molecule has 2 heterocycles. The fourth-order valence-electron chi connectivity index (χ4n) is 3.17. The van der Waals surface area contributed by atoms with Crippen LogP contribution in [0.25, 0.3) is 0 Å². The van der Waals surface area contributed by atoms with Crippen molar-refractivity contribution in [2.75, 3.05) is 19.6 Å². The molecule has 0 unspecified atom stereocenters.